The molecule has 3 saturated carbocycles. The lowest BCUT2D eigenvalue weighted by molar-refractivity contribution is -0.271. The topological polar surface area (TPSA) is 35.5 Å². The van der Waals surface area contributed by atoms with Crippen molar-refractivity contribution >= 4 is 5.97 Å². The number of carbonyl (C=O) groups excluding carboxylic acids is 1. The monoisotopic (exact) mass is 356 g/mol. The number of esters is 1. The third-order valence-electron chi connectivity index (χ3n) is 6.84. The summed E-state index contributed by atoms with van der Waals surface area (Å²) in [4.78, 5) is 12.7. The predicted molar refractivity (Wildman–Crippen MR) is 103 cm³/mol. The van der Waals surface area contributed by atoms with E-state index in [0.717, 1.165) is 18.4 Å². The van der Waals surface area contributed by atoms with Crippen molar-refractivity contribution in [3.63, 3.8) is 0 Å². The first kappa shape index (κ1) is 19.2. The molecular formula is C23H32O3. The number of allylic oxidation sites excluding steroid dienone is 1. The van der Waals surface area contributed by atoms with Crippen LogP contribution in [0.15, 0.2) is 43.0 Å². The summed E-state index contributed by atoms with van der Waals surface area (Å²) < 4.78 is 12.5. The highest BCUT2D eigenvalue weighted by Gasteiger charge is 2.65. The molecular weight excluding hydrogens is 324 g/mol. The van der Waals surface area contributed by atoms with Crippen LogP contribution in [-0.4, -0.2) is 17.7 Å². The largest absolute Gasteiger partial charge is 0.456 e. The van der Waals surface area contributed by atoms with Gasteiger partial charge in [-0.05, 0) is 43.1 Å². The molecule has 0 heterocycles. The van der Waals surface area contributed by atoms with Crippen LogP contribution >= 0.6 is 0 Å². The molecule has 0 aromatic heterocycles. The first-order chi connectivity index (χ1) is 12.3. The lowest BCUT2D eigenvalue weighted by atomic mass is 9.43. The number of ether oxygens (including phenoxy) is 2. The van der Waals surface area contributed by atoms with Crippen LogP contribution in [0.1, 0.15) is 52.5 Å². The molecule has 142 valence electrons. The van der Waals surface area contributed by atoms with Crippen molar-refractivity contribution in [3.05, 3.63) is 48.6 Å². The van der Waals surface area contributed by atoms with Crippen molar-refractivity contribution in [2.24, 2.45) is 23.2 Å². The molecule has 3 aliphatic carbocycles. The fourth-order valence-corrected chi connectivity index (χ4v) is 4.91. The summed E-state index contributed by atoms with van der Waals surface area (Å²) >= 11 is 0. The molecule has 0 spiro atoms. The summed E-state index contributed by atoms with van der Waals surface area (Å²) in [5.41, 5.74) is 0.780. The van der Waals surface area contributed by atoms with Crippen molar-refractivity contribution in [1.82, 2.24) is 0 Å². The molecule has 3 aliphatic rings. The zero-order chi connectivity index (χ0) is 18.9. The van der Waals surface area contributed by atoms with E-state index >= 15 is 0 Å². The van der Waals surface area contributed by atoms with E-state index < -0.39 is 5.60 Å². The highest BCUT2D eigenvalue weighted by atomic mass is 16.6. The SMILES string of the molecule is C=CC[C@H](C)C(=O)O[C@@]1(C)[C@@H](OCc2ccccc2)C[C@H]2C[C@@H]1C2(C)C. The van der Waals surface area contributed by atoms with Gasteiger partial charge >= 0.3 is 5.97 Å². The smallest absolute Gasteiger partial charge is 0.309 e. The molecule has 3 heteroatoms. The third kappa shape index (κ3) is 3.34. The number of hydrogen-bond donors (Lipinski definition) is 0. The average Bonchev–Trinajstić information content (AvgIpc) is 2.61. The van der Waals surface area contributed by atoms with Crippen LogP contribution in [0, 0.1) is 23.2 Å². The van der Waals surface area contributed by atoms with E-state index in [1.165, 1.54) is 0 Å². The Bertz CT molecular complexity index is 651. The highest BCUT2D eigenvalue weighted by molar-refractivity contribution is 5.72. The Morgan fingerprint density at radius 2 is 1.96 bits per heavy atom. The van der Waals surface area contributed by atoms with Gasteiger partial charge in [0.1, 0.15) is 5.60 Å². The van der Waals surface area contributed by atoms with E-state index in [1.54, 1.807) is 6.08 Å². The molecule has 1 aromatic carbocycles. The van der Waals surface area contributed by atoms with Crippen molar-refractivity contribution in [2.75, 3.05) is 0 Å². The molecule has 2 bridgehead atoms. The number of hydrogen-bond acceptors (Lipinski definition) is 3. The second kappa shape index (κ2) is 7.19. The Morgan fingerprint density at radius 1 is 1.27 bits per heavy atom. The summed E-state index contributed by atoms with van der Waals surface area (Å²) in [6.45, 7) is 12.9. The fraction of sp³-hybridized carbons (Fsp3) is 0.609. The van der Waals surface area contributed by atoms with Gasteiger partial charge in [0.05, 0.1) is 18.6 Å². The molecule has 4 rings (SSSR count). The van der Waals surface area contributed by atoms with Crippen LogP contribution in [0.25, 0.3) is 0 Å². The highest BCUT2D eigenvalue weighted by Crippen LogP contribution is 2.64. The van der Waals surface area contributed by atoms with Crippen molar-refractivity contribution in [3.8, 4) is 0 Å². The van der Waals surface area contributed by atoms with Gasteiger partial charge < -0.3 is 9.47 Å². The maximum absolute atomic E-state index is 12.7. The minimum absolute atomic E-state index is 0.0561. The molecule has 5 atom stereocenters. The number of carbonyl (C=O) groups is 1. The van der Waals surface area contributed by atoms with Crippen LogP contribution < -0.4 is 0 Å². The predicted octanol–water partition coefficient (Wildman–Crippen LogP) is 5.15. The van der Waals surface area contributed by atoms with E-state index in [1.807, 2.05) is 25.1 Å². The maximum atomic E-state index is 12.7. The van der Waals surface area contributed by atoms with Crippen molar-refractivity contribution in [1.29, 1.82) is 0 Å². The summed E-state index contributed by atoms with van der Waals surface area (Å²) in [6.07, 6.45) is 4.44. The number of fused-ring (bicyclic) bond motifs is 2. The average molecular weight is 357 g/mol. The van der Waals surface area contributed by atoms with Gasteiger partial charge in [0.2, 0.25) is 0 Å². The van der Waals surface area contributed by atoms with Gasteiger partial charge in [0, 0.05) is 5.92 Å². The Kier molecular flexibility index (Phi) is 5.30. The van der Waals surface area contributed by atoms with E-state index in [4.69, 9.17) is 9.47 Å². The molecule has 0 unspecified atom stereocenters. The fourth-order valence-electron chi connectivity index (χ4n) is 4.91. The van der Waals surface area contributed by atoms with E-state index in [2.05, 4.69) is 39.5 Å². The zero-order valence-corrected chi connectivity index (χ0v) is 16.5. The second-order valence-electron chi connectivity index (χ2n) is 8.86. The molecule has 0 aliphatic heterocycles. The summed E-state index contributed by atoms with van der Waals surface area (Å²) in [5.74, 6) is 0.682. The first-order valence-corrected chi connectivity index (χ1v) is 9.78. The quantitative estimate of drug-likeness (QED) is 0.500. The Hall–Kier alpha value is -1.61. The molecule has 0 N–H and O–H groups in total. The van der Waals surface area contributed by atoms with Gasteiger partial charge in [0.25, 0.3) is 0 Å². The molecule has 0 radical (unpaired) electrons. The lowest BCUT2D eigenvalue weighted by Crippen LogP contribution is -2.68. The normalized spacial score (nSPS) is 33.0. The molecule has 26 heavy (non-hydrogen) atoms. The number of rotatable bonds is 7. The zero-order valence-electron chi connectivity index (χ0n) is 16.5. The van der Waals surface area contributed by atoms with E-state index in [0.29, 0.717) is 24.9 Å². The lowest BCUT2D eigenvalue weighted by Gasteiger charge is -2.65. The van der Waals surface area contributed by atoms with Crippen LogP contribution in [0.4, 0.5) is 0 Å². The molecule has 3 nitrogen and oxygen atoms in total. The van der Waals surface area contributed by atoms with Gasteiger partial charge in [-0.2, -0.15) is 0 Å². The minimum Gasteiger partial charge on any atom is -0.456 e. The van der Waals surface area contributed by atoms with Crippen molar-refractivity contribution < 1.29 is 14.3 Å². The molecule has 3 fully saturated rings. The first-order valence-electron chi connectivity index (χ1n) is 9.78. The summed E-state index contributed by atoms with van der Waals surface area (Å²) in [6, 6.07) is 10.2. The maximum Gasteiger partial charge on any atom is 0.309 e. The van der Waals surface area contributed by atoms with Crippen molar-refractivity contribution in [2.45, 2.75) is 65.3 Å². The van der Waals surface area contributed by atoms with Gasteiger partial charge in [-0.15, -0.1) is 6.58 Å². The Morgan fingerprint density at radius 3 is 2.58 bits per heavy atom. The standard InChI is InChI=1S/C23H32O3/c1-6-10-16(2)21(24)26-23(5)19-13-18(22(19,3)4)14-20(23)25-15-17-11-8-7-9-12-17/h6-9,11-12,16,18-20H,1,10,13-15H2,2-5H3/t16-,18+,19+,20-,23+/m0/s1. The molecule has 0 amide bonds. The third-order valence-corrected chi connectivity index (χ3v) is 6.84. The van der Waals surface area contributed by atoms with Gasteiger partial charge in [-0.25, -0.2) is 0 Å². The second-order valence-corrected chi connectivity index (χ2v) is 8.86. The van der Waals surface area contributed by atoms with Crippen LogP contribution in [-0.2, 0) is 20.9 Å². The minimum atomic E-state index is -0.570. The summed E-state index contributed by atoms with van der Waals surface area (Å²) in [7, 11) is 0. The van der Waals surface area contributed by atoms with E-state index in [9.17, 15) is 4.79 Å². The van der Waals surface area contributed by atoms with Crippen LogP contribution in [0.2, 0.25) is 0 Å². The number of benzene rings is 1. The van der Waals surface area contributed by atoms with E-state index in [-0.39, 0.29) is 23.4 Å². The summed E-state index contributed by atoms with van der Waals surface area (Å²) in [5, 5.41) is 0. The van der Waals surface area contributed by atoms with Gasteiger partial charge in [-0.1, -0.05) is 57.2 Å². The van der Waals surface area contributed by atoms with Gasteiger partial charge in [-0.3, -0.25) is 4.79 Å². The Balaban J connectivity index is 1.76. The Labute approximate surface area is 157 Å². The van der Waals surface area contributed by atoms with Gasteiger partial charge in [0.15, 0.2) is 0 Å². The molecule has 0 saturated heterocycles. The van der Waals surface area contributed by atoms with Crippen LogP contribution in [0.5, 0.6) is 0 Å². The molecule has 1 aromatic rings. The van der Waals surface area contributed by atoms with Crippen LogP contribution in [0.3, 0.4) is 0 Å².